The van der Waals surface area contributed by atoms with Gasteiger partial charge in [0.1, 0.15) is 0 Å². The normalized spacial score (nSPS) is 12.8. The Balaban J connectivity index is 2.14. The van der Waals surface area contributed by atoms with Gasteiger partial charge in [0.2, 0.25) is 0 Å². The first-order valence-electron chi connectivity index (χ1n) is 8.38. The Hall–Kier alpha value is -2.00. The van der Waals surface area contributed by atoms with E-state index in [0.29, 0.717) is 22.9 Å². The Bertz CT molecular complexity index is 1130. The highest BCUT2D eigenvalue weighted by molar-refractivity contribution is 7.89. The van der Waals surface area contributed by atoms with Gasteiger partial charge in [0.15, 0.2) is 9.84 Å². The molecule has 27 heavy (non-hydrogen) atoms. The summed E-state index contributed by atoms with van der Waals surface area (Å²) in [6.07, 6.45) is 4.07. The summed E-state index contributed by atoms with van der Waals surface area (Å²) in [6.45, 7) is 0. The second kappa shape index (κ2) is 7.93. The molecule has 0 bridgehead atoms. The zero-order valence-corrected chi connectivity index (χ0v) is 17.0. The fourth-order valence-electron chi connectivity index (χ4n) is 3.40. The predicted octanol–water partition coefficient (Wildman–Crippen LogP) is 5.45. The molecular formula is C20H18Cl2N2O2S. The third-order valence-electron chi connectivity index (χ3n) is 4.51. The third kappa shape index (κ3) is 4.47. The zero-order chi connectivity index (χ0) is 19.6. The van der Waals surface area contributed by atoms with Crippen molar-refractivity contribution in [2.45, 2.75) is 24.5 Å². The molecule has 0 aliphatic rings. The molecule has 1 N–H and O–H groups in total. The van der Waals surface area contributed by atoms with Crippen molar-refractivity contribution < 1.29 is 8.42 Å². The maximum absolute atomic E-state index is 11.7. The predicted molar refractivity (Wildman–Crippen MR) is 110 cm³/mol. The lowest BCUT2D eigenvalue weighted by Gasteiger charge is -2.18. The zero-order valence-electron chi connectivity index (χ0n) is 14.7. The lowest BCUT2D eigenvalue weighted by atomic mass is 9.87. The lowest BCUT2D eigenvalue weighted by Crippen LogP contribution is -2.03. The first-order valence-corrected chi connectivity index (χ1v) is 11.2. The minimum absolute atomic E-state index is 0.0329. The van der Waals surface area contributed by atoms with Crippen LogP contribution in [0.4, 0.5) is 0 Å². The van der Waals surface area contributed by atoms with Gasteiger partial charge < -0.3 is 4.98 Å². The SMILES string of the molecule is CS(=O)(=O)Cc1cccc2c(C(CCC#N)c3ccc(Cl)cc3Cl)c[nH]c12. The van der Waals surface area contributed by atoms with Crippen molar-refractivity contribution >= 4 is 43.9 Å². The average molecular weight is 421 g/mol. The van der Waals surface area contributed by atoms with E-state index in [0.717, 1.165) is 27.6 Å². The van der Waals surface area contributed by atoms with Crippen LogP contribution in [-0.4, -0.2) is 19.7 Å². The topological polar surface area (TPSA) is 73.7 Å². The molecule has 1 unspecified atom stereocenters. The first-order chi connectivity index (χ1) is 12.8. The average Bonchev–Trinajstić information content (AvgIpc) is 3.00. The molecule has 0 aliphatic carbocycles. The number of halogens is 2. The summed E-state index contributed by atoms with van der Waals surface area (Å²) in [5.41, 5.74) is 3.40. The lowest BCUT2D eigenvalue weighted by molar-refractivity contribution is 0.601. The monoisotopic (exact) mass is 420 g/mol. The summed E-state index contributed by atoms with van der Waals surface area (Å²) < 4.78 is 23.5. The van der Waals surface area contributed by atoms with Gasteiger partial charge in [-0.15, -0.1) is 0 Å². The highest BCUT2D eigenvalue weighted by Gasteiger charge is 2.22. The summed E-state index contributed by atoms with van der Waals surface area (Å²) in [7, 11) is -3.16. The largest absolute Gasteiger partial charge is 0.361 e. The molecule has 3 aromatic rings. The van der Waals surface area contributed by atoms with E-state index in [1.165, 1.54) is 6.26 Å². The van der Waals surface area contributed by atoms with Gasteiger partial charge in [-0.25, -0.2) is 8.42 Å². The summed E-state index contributed by atoms with van der Waals surface area (Å²) in [5, 5.41) is 11.1. The number of fused-ring (bicyclic) bond motifs is 1. The van der Waals surface area contributed by atoms with Crippen LogP contribution in [0.15, 0.2) is 42.6 Å². The Morgan fingerprint density at radius 3 is 2.63 bits per heavy atom. The summed E-state index contributed by atoms with van der Waals surface area (Å²) in [6, 6.07) is 13.2. The number of rotatable bonds is 6. The number of hydrogen-bond donors (Lipinski definition) is 1. The Morgan fingerprint density at radius 1 is 1.19 bits per heavy atom. The van der Waals surface area contributed by atoms with Gasteiger partial charge in [-0.2, -0.15) is 5.26 Å². The highest BCUT2D eigenvalue weighted by atomic mass is 35.5. The minimum Gasteiger partial charge on any atom is -0.361 e. The molecule has 1 aromatic heterocycles. The molecule has 4 nitrogen and oxygen atoms in total. The molecule has 1 atom stereocenters. The third-order valence-corrected chi connectivity index (χ3v) is 5.91. The number of nitriles is 1. The smallest absolute Gasteiger partial charge is 0.151 e. The van der Waals surface area contributed by atoms with Gasteiger partial charge in [0.25, 0.3) is 0 Å². The van der Waals surface area contributed by atoms with Crippen LogP contribution in [-0.2, 0) is 15.6 Å². The van der Waals surface area contributed by atoms with Crippen molar-refractivity contribution in [3.8, 4) is 6.07 Å². The summed E-state index contributed by atoms with van der Waals surface area (Å²) in [5.74, 6) is -0.133. The van der Waals surface area contributed by atoms with Gasteiger partial charge in [-0.3, -0.25) is 0 Å². The van der Waals surface area contributed by atoms with E-state index < -0.39 is 9.84 Å². The number of aromatic amines is 1. The summed E-state index contributed by atoms with van der Waals surface area (Å²) >= 11 is 12.5. The number of nitrogens with zero attached hydrogens (tertiary/aromatic N) is 1. The first kappa shape index (κ1) is 19.8. The standard InChI is InChI=1S/C20H18Cl2N2O2S/c1-27(25,26)12-13-4-2-5-17-18(11-24-20(13)17)15(6-3-9-23)16-8-7-14(21)10-19(16)22/h2,4-5,7-8,10-11,15,24H,3,6,12H2,1H3. The fourth-order valence-corrected chi connectivity index (χ4v) is 4.75. The maximum Gasteiger partial charge on any atom is 0.151 e. The van der Waals surface area contributed by atoms with Gasteiger partial charge in [-0.1, -0.05) is 47.5 Å². The van der Waals surface area contributed by atoms with Crippen molar-refractivity contribution in [3.63, 3.8) is 0 Å². The molecule has 3 rings (SSSR count). The van der Waals surface area contributed by atoms with E-state index in [-0.39, 0.29) is 11.7 Å². The van der Waals surface area contributed by atoms with Gasteiger partial charge in [0.05, 0.1) is 11.8 Å². The Labute approximate surface area is 168 Å². The molecule has 1 heterocycles. The van der Waals surface area contributed by atoms with Crippen LogP contribution < -0.4 is 0 Å². The van der Waals surface area contributed by atoms with E-state index in [4.69, 9.17) is 28.5 Å². The van der Waals surface area contributed by atoms with E-state index in [1.807, 2.05) is 30.5 Å². The van der Waals surface area contributed by atoms with Crippen LogP contribution in [0.2, 0.25) is 10.0 Å². The molecule has 0 amide bonds. The minimum atomic E-state index is -3.16. The molecule has 2 aromatic carbocycles. The quantitative estimate of drug-likeness (QED) is 0.575. The van der Waals surface area contributed by atoms with Crippen molar-refractivity contribution in [3.05, 3.63) is 69.3 Å². The number of hydrogen-bond acceptors (Lipinski definition) is 3. The van der Waals surface area contributed by atoms with Crippen molar-refractivity contribution in [2.24, 2.45) is 0 Å². The number of aromatic nitrogens is 1. The molecule has 0 saturated heterocycles. The molecule has 140 valence electrons. The highest BCUT2D eigenvalue weighted by Crippen LogP contribution is 2.39. The Kier molecular flexibility index (Phi) is 5.81. The van der Waals surface area contributed by atoms with Gasteiger partial charge in [0, 0.05) is 45.7 Å². The van der Waals surface area contributed by atoms with Crippen LogP contribution in [0.1, 0.15) is 35.4 Å². The fraction of sp³-hybridized carbons (Fsp3) is 0.250. The van der Waals surface area contributed by atoms with Crippen LogP contribution >= 0.6 is 23.2 Å². The van der Waals surface area contributed by atoms with E-state index in [1.54, 1.807) is 12.1 Å². The van der Waals surface area contributed by atoms with Crippen molar-refractivity contribution in [1.29, 1.82) is 5.26 Å². The number of nitrogens with one attached hydrogen (secondary N) is 1. The molecule has 0 saturated carbocycles. The number of benzene rings is 2. The van der Waals surface area contributed by atoms with Crippen LogP contribution in [0, 0.1) is 11.3 Å². The van der Waals surface area contributed by atoms with Crippen LogP contribution in [0.25, 0.3) is 10.9 Å². The molecule has 7 heteroatoms. The van der Waals surface area contributed by atoms with Crippen LogP contribution in [0.5, 0.6) is 0 Å². The number of para-hydroxylation sites is 1. The second-order valence-corrected chi connectivity index (χ2v) is 9.55. The second-order valence-electron chi connectivity index (χ2n) is 6.57. The number of H-pyrrole nitrogens is 1. The Morgan fingerprint density at radius 2 is 1.96 bits per heavy atom. The molecule has 0 spiro atoms. The van der Waals surface area contributed by atoms with E-state index in [9.17, 15) is 8.42 Å². The summed E-state index contributed by atoms with van der Waals surface area (Å²) in [4.78, 5) is 3.22. The van der Waals surface area contributed by atoms with E-state index >= 15 is 0 Å². The van der Waals surface area contributed by atoms with Crippen molar-refractivity contribution in [2.75, 3.05) is 6.26 Å². The van der Waals surface area contributed by atoms with Gasteiger partial charge in [-0.05, 0) is 35.2 Å². The molecule has 0 radical (unpaired) electrons. The van der Waals surface area contributed by atoms with E-state index in [2.05, 4.69) is 11.1 Å². The molecule has 0 aliphatic heterocycles. The van der Waals surface area contributed by atoms with Gasteiger partial charge >= 0.3 is 0 Å². The van der Waals surface area contributed by atoms with Crippen LogP contribution in [0.3, 0.4) is 0 Å². The molecular weight excluding hydrogens is 403 g/mol. The molecule has 0 fully saturated rings. The maximum atomic E-state index is 11.7. The van der Waals surface area contributed by atoms with Crippen molar-refractivity contribution in [1.82, 2.24) is 4.98 Å². The number of sulfone groups is 1.